The molecule has 104 valence electrons. The first-order chi connectivity index (χ1) is 9.47. The van der Waals surface area contributed by atoms with Gasteiger partial charge in [0.25, 0.3) is 0 Å². The first kappa shape index (κ1) is 14.3. The molecule has 2 aromatic rings. The van der Waals surface area contributed by atoms with Gasteiger partial charge >= 0.3 is 0 Å². The molecule has 2 nitrogen and oxygen atoms in total. The van der Waals surface area contributed by atoms with Crippen molar-refractivity contribution in [3.8, 4) is 0 Å². The lowest BCUT2D eigenvalue weighted by Crippen LogP contribution is -2.07. The smallest absolute Gasteiger partial charge is 0.163 e. The highest BCUT2D eigenvalue weighted by Gasteiger charge is 2.14. The van der Waals surface area contributed by atoms with E-state index in [1.165, 1.54) is 0 Å². The summed E-state index contributed by atoms with van der Waals surface area (Å²) in [6.07, 6.45) is 0.522. The van der Waals surface area contributed by atoms with E-state index in [4.69, 9.17) is 5.73 Å². The number of Topliss-reactive ketones (excluding diaryl/α,β-unsaturated/α-hetero) is 1. The molecule has 0 aliphatic heterocycles. The van der Waals surface area contributed by atoms with Crippen molar-refractivity contribution in [3.05, 3.63) is 64.7 Å². The van der Waals surface area contributed by atoms with Gasteiger partial charge in [0.05, 0.1) is 0 Å². The van der Waals surface area contributed by atoms with Crippen molar-refractivity contribution in [2.24, 2.45) is 0 Å². The third kappa shape index (κ3) is 3.27. The molecule has 0 spiro atoms. The van der Waals surface area contributed by atoms with Crippen LogP contribution in [0.5, 0.6) is 0 Å². The van der Waals surface area contributed by atoms with E-state index >= 15 is 0 Å². The molecule has 0 radical (unpaired) electrons. The second-order valence-electron chi connectivity index (χ2n) is 5.51. The Balaban J connectivity index is 2.15. The second kappa shape index (κ2) is 5.91. The summed E-state index contributed by atoms with van der Waals surface area (Å²) in [5.74, 6) is 0.401. The minimum atomic E-state index is 0.197. The van der Waals surface area contributed by atoms with Crippen molar-refractivity contribution in [2.45, 2.75) is 33.1 Å². The number of nitrogens with two attached hydrogens (primary N) is 1. The number of hydrogen-bond acceptors (Lipinski definition) is 2. The molecule has 0 amide bonds. The minimum absolute atomic E-state index is 0.197. The molecule has 0 fully saturated rings. The van der Waals surface area contributed by atoms with E-state index in [1.54, 1.807) is 0 Å². The summed E-state index contributed by atoms with van der Waals surface area (Å²) in [5.41, 5.74) is 10.6. The molecule has 0 aliphatic rings. The molecule has 0 saturated carbocycles. The lowest BCUT2D eigenvalue weighted by atomic mass is 9.91. The summed E-state index contributed by atoms with van der Waals surface area (Å²) in [5, 5.41) is 0. The van der Waals surface area contributed by atoms with Crippen LogP contribution >= 0.6 is 0 Å². The van der Waals surface area contributed by atoms with Gasteiger partial charge in [0, 0.05) is 17.7 Å². The first-order valence-electron chi connectivity index (χ1n) is 6.93. The zero-order valence-corrected chi connectivity index (χ0v) is 12.3. The maximum absolute atomic E-state index is 12.4. The number of aryl methyl sites for hydroxylation is 2. The maximum Gasteiger partial charge on any atom is 0.163 e. The summed E-state index contributed by atoms with van der Waals surface area (Å²) >= 11 is 0. The van der Waals surface area contributed by atoms with E-state index in [0.717, 1.165) is 27.9 Å². The summed E-state index contributed by atoms with van der Waals surface area (Å²) in [4.78, 5) is 12.4. The molecule has 2 aromatic carbocycles. The number of benzene rings is 2. The van der Waals surface area contributed by atoms with E-state index in [1.807, 2.05) is 56.3 Å². The maximum atomic E-state index is 12.4. The Morgan fingerprint density at radius 3 is 2.40 bits per heavy atom. The third-order valence-corrected chi connectivity index (χ3v) is 3.69. The number of hydrogen-bond donors (Lipinski definition) is 1. The van der Waals surface area contributed by atoms with Crippen molar-refractivity contribution < 1.29 is 4.79 Å². The molecular formula is C18H21NO. The molecule has 0 bridgehead atoms. The molecule has 0 saturated heterocycles. The number of nitrogen functional groups attached to an aromatic ring is 1. The number of ketones is 1. The predicted molar refractivity (Wildman–Crippen MR) is 84.1 cm³/mol. The van der Waals surface area contributed by atoms with Crippen molar-refractivity contribution in [3.63, 3.8) is 0 Å². The summed E-state index contributed by atoms with van der Waals surface area (Å²) < 4.78 is 0. The van der Waals surface area contributed by atoms with Crippen molar-refractivity contribution >= 4 is 11.5 Å². The summed E-state index contributed by atoms with van der Waals surface area (Å²) in [6, 6.07) is 13.8. The average Bonchev–Trinajstić information content (AvgIpc) is 2.42. The SMILES string of the molecule is Cc1ccc(C)c(C(=O)CC(C)c2ccc(N)cc2)c1. The van der Waals surface area contributed by atoms with Gasteiger partial charge in [-0.3, -0.25) is 4.79 Å². The highest BCUT2D eigenvalue weighted by molar-refractivity contribution is 5.98. The molecule has 2 rings (SSSR count). The van der Waals surface area contributed by atoms with Gasteiger partial charge in [0.1, 0.15) is 0 Å². The van der Waals surface area contributed by atoms with Crippen molar-refractivity contribution in [1.82, 2.24) is 0 Å². The Morgan fingerprint density at radius 1 is 1.10 bits per heavy atom. The van der Waals surface area contributed by atoms with Crippen LogP contribution in [0.3, 0.4) is 0 Å². The quantitative estimate of drug-likeness (QED) is 0.664. The number of carbonyl (C=O) groups excluding carboxylic acids is 1. The van der Waals surface area contributed by atoms with E-state index < -0.39 is 0 Å². The van der Waals surface area contributed by atoms with Gasteiger partial charge in [-0.05, 0) is 49.1 Å². The van der Waals surface area contributed by atoms with E-state index in [-0.39, 0.29) is 11.7 Å². The van der Waals surface area contributed by atoms with Gasteiger partial charge in [0.15, 0.2) is 5.78 Å². The van der Waals surface area contributed by atoms with Crippen LogP contribution in [0.2, 0.25) is 0 Å². The van der Waals surface area contributed by atoms with Gasteiger partial charge in [0.2, 0.25) is 0 Å². The van der Waals surface area contributed by atoms with Crippen LogP contribution in [0.25, 0.3) is 0 Å². The van der Waals surface area contributed by atoms with Gasteiger partial charge in [-0.15, -0.1) is 0 Å². The Bertz CT molecular complexity index is 614. The van der Waals surface area contributed by atoms with Crippen LogP contribution in [0.1, 0.15) is 46.3 Å². The van der Waals surface area contributed by atoms with Crippen LogP contribution in [-0.4, -0.2) is 5.78 Å². The van der Waals surface area contributed by atoms with Crippen LogP contribution < -0.4 is 5.73 Å². The van der Waals surface area contributed by atoms with Gasteiger partial charge in [-0.1, -0.05) is 36.8 Å². The standard InChI is InChI=1S/C18H21NO/c1-12-4-5-13(2)17(10-12)18(20)11-14(3)15-6-8-16(19)9-7-15/h4-10,14H,11,19H2,1-3H3. The van der Waals surface area contributed by atoms with Gasteiger partial charge in [-0.2, -0.15) is 0 Å². The van der Waals surface area contributed by atoms with Crippen LogP contribution in [0.4, 0.5) is 5.69 Å². The lowest BCUT2D eigenvalue weighted by molar-refractivity contribution is 0.0975. The number of carbonyl (C=O) groups is 1. The Labute approximate surface area is 120 Å². The first-order valence-corrected chi connectivity index (χ1v) is 6.93. The lowest BCUT2D eigenvalue weighted by Gasteiger charge is -2.13. The van der Waals surface area contributed by atoms with E-state index in [0.29, 0.717) is 6.42 Å². The van der Waals surface area contributed by atoms with Gasteiger partial charge in [-0.25, -0.2) is 0 Å². The number of anilines is 1. The molecule has 1 atom stereocenters. The monoisotopic (exact) mass is 267 g/mol. The largest absolute Gasteiger partial charge is 0.399 e. The fraction of sp³-hybridized carbons (Fsp3) is 0.278. The van der Waals surface area contributed by atoms with Crippen LogP contribution in [-0.2, 0) is 0 Å². The Hall–Kier alpha value is -2.09. The normalized spacial score (nSPS) is 12.2. The van der Waals surface area contributed by atoms with Crippen molar-refractivity contribution in [2.75, 3.05) is 5.73 Å². The summed E-state index contributed by atoms with van der Waals surface area (Å²) in [7, 11) is 0. The third-order valence-electron chi connectivity index (χ3n) is 3.69. The Morgan fingerprint density at radius 2 is 1.75 bits per heavy atom. The van der Waals surface area contributed by atoms with E-state index in [2.05, 4.69) is 6.92 Å². The number of rotatable bonds is 4. The molecule has 20 heavy (non-hydrogen) atoms. The molecule has 1 unspecified atom stereocenters. The molecule has 2 heteroatoms. The van der Waals surface area contributed by atoms with Crippen molar-refractivity contribution in [1.29, 1.82) is 0 Å². The predicted octanol–water partition coefficient (Wildman–Crippen LogP) is 4.26. The van der Waals surface area contributed by atoms with Crippen LogP contribution in [0, 0.1) is 13.8 Å². The zero-order valence-electron chi connectivity index (χ0n) is 12.3. The highest BCUT2D eigenvalue weighted by atomic mass is 16.1. The minimum Gasteiger partial charge on any atom is -0.399 e. The highest BCUT2D eigenvalue weighted by Crippen LogP contribution is 2.23. The fourth-order valence-corrected chi connectivity index (χ4v) is 2.37. The topological polar surface area (TPSA) is 43.1 Å². The fourth-order valence-electron chi connectivity index (χ4n) is 2.37. The summed E-state index contributed by atoms with van der Waals surface area (Å²) in [6.45, 7) is 6.08. The Kier molecular flexibility index (Phi) is 4.23. The molecular weight excluding hydrogens is 246 g/mol. The second-order valence-corrected chi connectivity index (χ2v) is 5.51. The zero-order chi connectivity index (χ0) is 14.7. The average molecular weight is 267 g/mol. The van der Waals surface area contributed by atoms with Gasteiger partial charge < -0.3 is 5.73 Å². The van der Waals surface area contributed by atoms with E-state index in [9.17, 15) is 4.79 Å². The molecule has 2 N–H and O–H groups in total. The van der Waals surface area contributed by atoms with Crippen LogP contribution in [0.15, 0.2) is 42.5 Å². The molecule has 0 aliphatic carbocycles. The molecule has 0 aromatic heterocycles. The molecule has 0 heterocycles.